The van der Waals surface area contributed by atoms with Crippen molar-refractivity contribution in [2.75, 3.05) is 0 Å². The number of unbranched alkanes of at least 4 members (excludes halogenated alkanes) is 5. The zero-order chi connectivity index (χ0) is 15.3. The van der Waals surface area contributed by atoms with Gasteiger partial charge in [0.05, 0.1) is 0 Å². The maximum atomic E-state index is 11.2. The number of benzene rings is 1. The van der Waals surface area contributed by atoms with E-state index in [-0.39, 0.29) is 5.97 Å². The first kappa shape index (κ1) is 17.5. The zero-order valence-electron chi connectivity index (χ0n) is 13.4. The predicted molar refractivity (Wildman–Crippen MR) is 88.1 cm³/mol. The van der Waals surface area contributed by atoms with Crippen LogP contribution in [0.5, 0.6) is 0 Å². The molecule has 0 spiro atoms. The number of rotatable bonds is 10. The zero-order valence-corrected chi connectivity index (χ0v) is 13.4. The van der Waals surface area contributed by atoms with Gasteiger partial charge in [0.2, 0.25) is 0 Å². The first-order valence-corrected chi connectivity index (χ1v) is 8.13. The van der Waals surface area contributed by atoms with Crippen LogP contribution < -0.4 is 0 Å². The van der Waals surface area contributed by atoms with E-state index in [1.165, 1.54) is 50.2 Å². The van der Waals surface area contributed by atoms with Crippen molar-refractivity contribution in [1.82, 2.24) is 0 Å². The highest BCUT2D eigenvalue weighted by atomic mass is 16.5. The fraction of sp³-hybridized carbons (Fsp3) is 0.526. The maximum Gasteiger partial charge on any atom is 0.330 e. The molecule has 0 aliphatic rings. The van der Waals surface area contributed by atoms with Gasteiger partial charge in [-0.1, -0.05) is 69.4 Å². The SMILES string of the molecule is C/C=C/C(=O)OCc1ccc(CCCCCCCC)cc1. The van der Waals surface area contributed by atoms with E-state index in [1.54, 1.807) is 13.0 Å². The summed E-state index contributed by atoms with van der Waals surface area (Å²) < 4.78 is 5.12. The molecule has 0 N–H and O–H groups in total. The lowest BCUT2D eigenvalue weighted by Crippen LogP contribution is -2.00. The van der Waals surface area contributed by atoms with Crippen molar-refractivity contribution in [3.05, 3.63) is 47.5 Å². The van der Waals surface area contributed by atoms with Crippen LogP contribution in [-0.2, 0) is 22.6 Å². The van der Waals surface area contributed by atoms with Gasteiger partial charge in [0.25, 0.3) is 0 Å². The molecule has 0 amide bonds. The molecule has 0 aliphatic carbocycles. The van der Waals surface area contributed by atoms with Gasteiger partial charge in [0, 0.05) is 6.08 Å². The Morgan fingerprint density at radius 1 is 1.00 bits per heavy atom. The minimum absolute atomic E-state index is 0.284. The standard InChI is InChI=1S/C19H28O2/c1-3-5-6-7-8-9-11-17-12-14-18(15-13-17)16-21-19(20)10-4-2/h4,10,12-15H,3,5-9,11,16H2,1-2H3/b10-4+. The summed E-state index contributed by atoms with van der Waals surface area (Å²) in [5, 5.41) is 0. The van der Waals surface area contributed by atoms with Crippen molar-refractivity contribution in [3.8, 4) is 0 Å². The summed E-state index contributed by atoms with van der Waals surface area (Å²) in [6, 6.07) is 8.39. The number of hydrogen-bond donors (Lipinski definition) is 0. The first-order valence-electron chi connectivity index (χ1n) is 8.13. The Bertz CT molecular complexity index is 418. The van der Waals surface area contributed by atoms with Gasteiger partial charge in [-0.25, -0.2) is 4.79 Å². The minimum atomic E-state index is -0.284. The highest BCUT2D eigenvalue weighted by Gasteiger charge is 1.99. The van der Waals surface area contributed by atoms with Crippen molar-refractivity contribution in [2.24, 2.45) is 0 Å². The van der Waals surface area contributed by atoms with E-state index < -0.39 is 0 Å². The Labute approximate surface area is 129 Å². The average Bonchev–Trinajstić information content (AvgIpc) is 2.50. The van der Waals surface area contributed by atoms with E-state index in [1.807, 2.05) is 0 Å². The molecule has 0 saturated heterocycles. The number of ether oxygens (including phenoxy) is 1. The average molecular weight is 288 g/mol. The molecule has 0 radical (unpaired) electrons. The van der Waals surface area contributed by atoms with Gasteiger partial charge in [0.1, 0.15) is 6.61 Å². The summed E-state index contributed by atoms with van der Waals surface area (Å²) >= 11 is 0. The van der Waals surface area contributed by atoms with Crippen LogP contribution in [0.2, 0.25) is 0 Å². The first-order chi connectivity index (χ1) is 10.3. The van der Waals surface area contributed by atoms with Gasteiger partial charge in [-0.15, -0.1) is 0 Å². The van der Waals surface area contributed by atoms with Crippen molar-refractivity contribution in [3.63, 3.8) is 0 Å². The fourth-order valence-corrected chi connectivity index (χ4v) is 2.25. The van der Waals surface area contributed by atoms with Crippen LogP contribution in [0.1, 0.15) is 63.5 Å². The molecule has 0 heterocycles. The van der Waals surface area contributed by atoms with Crippen LogP contribution in [-0.4, -0.2) is 5.97 Å². The van der Waals surface area contributed by atoms with Gasteiger partial charge in [-0.05, 0) is 30.9 Å². The molecule has 0 unspecified atom stereocenters. The van der Waals surface area contributed by atoms with Crippen LogP contribution in [0.3, 0.4) is 0 Å². The molecule has 0 saturated carbocycles. The molecular weight excluding hydrogens is 260 g/mol. The molecule has 1 aromatic carbocycles. The number of allylic oxidation sites excluding steroid dienone is 1. The molecule has 116 valence electrons. The van der Waals surface area contributed by atoms with Gasteiger partial charge in [-0.2, -0.15) is 0 Å². The third kappa shape index (κ3) is 8.34. The van der Waals surface area contributed by atoms with Crippen molar-refractivity contribution in [2.45, 2.75) is 65.4 Å². The smallest absolute Gasteiger partial charge is 0.330 e. The summed E-state index contributed by atoms with van der Waals surface area (Å²) in [4.78, 5) is 11.2. The van der Waals surface area contributed by atoms with Gasteiger partial charge >= 0.3 is 5.97 Å². The van der Waals surface area contributed by atoms with Gasteiger partial charge in [0.15, 0.2) is 0 Å². The topological polar surface area (TPSA) is 26.3 Å². The number of carbonyl (C=O) groups is 1. The molecule has 2 nitrogen and oxygen atoms in total. The number of hydrogen-bond acceptors (Lipinski definition) is 2. The van der Waals surface area contributed by atoms with E-state index in [2.05, 4.69) is 31.2 Å². The minimum Gasteiger partial charge on any atom is -0.458 e. The summed E-state index contributed by atoms with van der Waals surface area (Å²) in [7, 11) is 0. The van der Waals surface area contributed by atoms with Crippen LogP contribution in [0.25, 0.3) is 0 Å². The van der Waals surface area contributed by atoms with Crippen LogP contribution in [0, 0.1) is 0 Å². The van der Waals surface area contributed by atoms with Crippen LogP contribution in [0.15, 0.2) is 36.4 Å². The maximum absolute atomic E-state index is 11.2. The molecule has 21 heavy (non-hydrogen) atoms. The van der Waals surface area contributed by atoms with Crippen LogP contribution in [0.4, 0.5) is 0 Å². The van der Waals surface area contributed by atoms with E-state index >= 15 is 0 Å². The Hall–Kier alpha value is -1.57. The third-order valence-corrected chi connectivity index (χ3v) is 3.53. The number of carbonyl (C=O) groups excluding carboxylic acids is 1. The quantitative estimate of drug-likeness (QED) is 0.335. The van der Waals surface area contributed by atoms with Crippen molar-refractivity contribution < 1.29 is 9.53 Å². The Morgan fingerprint density at radius 3 is 2.29 bits per heavy atom. The van der Waals surface area contributed by atoms with Crippen molar-refractivity contribution in [1.29, 1.82) is 0 Å². The lowest BCUT2D eigenvalue weighted by atomic mass is 10.0. The monoisotopic (exact) mass is 288 g/mol. The second kappa shape index (κ2) is 11.1. The molecule has 1 aromatic rings. The summed E-state index contributed by atoms with van der Waals surface area (Å²) in [5.74, 6) is -0.284. The van der Waals surface area contributed by atoms with E-state index in [4.69, 9.17) is 4.74 Å². The molecule has 0 bridgehead atoms. The lowest BCUT2D eigenvalue weighted by Gasteiger charge is -2.05. The second-order valence-electron chi connectivity index (χ2n) is 5.44. The molecule has 0 aliphatic heterocycles. The highest BCUT2D eigenvalue weighted by molar-refractivity contribution is 5.81. The molecule has 2 heteroatoms. The summed E-state index contributed by atoms with van der Waals surface area (Å²) in [5.41, 5.74) is 2.41. The predicted octanol–water partition coefficient (Wildman–Crippen LogP) is 5.21. The Kier molecular flexibility index (Phi) is 9.26. The molecule has 0 fully saturated rings. The lowest BCUT2D eigenvalue weighted by molar-refractivity contribution is -0.139. The van der Waals surface area contributed by atoms with E-state index in [0.717, 1.165) is 12.0 Å². The van der Waals surface area contributed by atoms with Crippen LogP contribution >= 0.6 is 0 Å². The number of esters is 1. The third-order valence-electron chi connectivity index (χ3n) is 3.53. The Balaban J connectivity index is 2.22. The van der Waals surface area contributed by atoms with Gasteiger partial charge in [-0.3, -0.25) is 0 Å². The van der Waals surface area contributed by atoms with E-state index in [9.17, 15) is 4.79 Å². The molecule has 1 rings (SSSR count). The Morgan fingerprint density at radius 2 is 1.62 bits per heavy atom. The molecular formula is C19H28O2. The summed E-state index contributed by atoms with van der Waals surface area (Å²) in [6.07, 6.45) is 12.2. The number of aryl methyl sites for hydroxylation is 1. The van der Waals surface area contributed by atoms with E-state index in [0.29, 0.717) is 6.61 Å². The normalized spacial score (nSPS) is 11.0. The highest BCUT2D eigenvalue weighted by Crippen LogP contribution is 2.11. The molecule has 0 atom stereocenters. The summed E-state index contributed by atoms with van der Waals surface area (Å²) in [6.45, 7) is 4.40. The van der Waals surface area contributed by atoms with Gasteiger partial charge < -0.3 is 4.74 Å². The van der Waals surface area contributed by atoms with Crippen molar-refractivity contribution >= 4 is 5.97 Å². The second-order valence-corrected chi connectivity index (χ2v) is 5.44. The molecule has 0 aromatic heterocycles. The largest absolute Gasteiger partial charge is 0.458 e. The fourth-order valence-electron chi connectivity index (χ4n) is 2.25.